The van der Waals surface area contributed by atoms with Crippen molar-refractivity contribution in [2.24, 2.45) is 0 Å². The van der Waals surface area contributed by atoms with Crippen molar-refractivity contribution >= 4 is 33.6 Å². The number of amides is 2. The summed E-state index contributed by atoms with van der Waals surface area (Å²) in [7, 11) is 0. The number of carbonyl (C=O) groups is 2. The molecule has 0 radical (unpaired) electrons. The molecular weight excluding hydrogens is 288 g/mol. The highest BCUT2D eigenvalue weighted by Crippen LogP contribution is 2.28. The Morgan fingerprint density at radius 2 is 2.24 bits per heavy atom. The summed E-state index contributed by atoms with van der Waals surface area (Å²) in [6.07, 6.45) is 0.874. The van der Waals surface area contributed by atoms with Gasteiger partial charge in [0.1, 0.15) is 0 Å². The zero-order valence-electron chi connectivity index (χ0n) is 8.94. The molecule has 90 valence electrons. The van der Waals surface area contributed by atoms with E-state index in [0.29, 0.717) is 23.2 Å². The Morgan fingerprint density at radius 1 is 1.47 bits per heavy atom. The monoisotopic (exact) mass is 298 g/mol. The molecule has 1 aromatic carbocycles. The van der Waals surface area contributed by atoms with E-state index in [1.807, 2.05) is 0 Å². The van der Waals surface area contributed by atoms with E-state index in [1.165, 1.54) is 12.1 Å². The van der Waals surface area contributed by atoms with E-state index < -0.39 is 5.97 Å². The third kappa shape index (κ3) is 2.41. The van der Waals surface area contributed by atoms with Gasteiger partial charge in [-0.15, -0.1) is 0 Å². The quantitative estimate of drug-likeness (QED) is 0.878. The van der Waals surface area contributed by atoms with Gasteiger partial charge in [-0.05, 0) is 40.5 Å². The van der Waals surface area contributed by atoms with Gasteiger partial charge in [-0.2, -0.15) is 0 Å². The van der Waals surface area contributed by atoms with Gasteiger partial charge in [-0.3, -0.25) is 4.90 Å². The molecule has 1 aromatic rings. The van der Waals surface area contributed by atoms with Crippen molar-refractivity contribution in [1.29, 1.82) is 0 Å². The van der Waals surface area contributed by atoms with Crippen molar-refractivity contribution in [3.8, 4) is 0 Å². The highest BCUT2D eigenvalue weighted by atomic mass is 79.9. The Bertz CT molecular complexity index is 476. The van der Waals surface area contributed by atoms with Gasteiger partial charge in [0.25, 0.3) is 0 Å². The molecule has 2 N–H and O–H groups in total. The van der Waals surface area contributed by atoms with Crippen LogP contribution in [0, 0.1) is 0 Å². The minimum atomic E-state index is -0.986. The van der Waals surface area contributed by atoms with E-state index in [2.05, 4.69) is 21.2 Å². The topological polar surface area (TPSA) is 69.6 Å². The van der Waals surface area contributed by atoms with E-state index in [9.17, 15) is 9.59 Å². The van der Waals surface area contributed by atoms with Crippen molar-refractivity contribution < 1.29 is 14.7 Å². The Balaban J connectivity index is 2.32. The molecule has 1 aliphatic rings. The molecule has 0 unspecified atom stereocenters. The molecule has 1 heterocycles. The molecule has 5 nitrogen and oxygen atoms in total. The number of nitrogens with one attached hydrogen (secondary N) is 1. The number of carboxylic acid groups (broad SMARTS) is 1. The predicted molar refractivity (Wildman–Crippen MR) is 66.5 cm³/mol. The summed E-state index contributed by atoms with van der Waals surface area (Å²) in [5, 5.41) is 11.6. The second-order valence-corrected chi connectivity index (χ2v) is 4.56. The van der Waals surface area contributed by atoms with E-state index in [4.69, 9.17) is 5.11 Å². The van der Waals surface area contributed by atoms with E-state index in [0.717, 1.165) is 6.42 Å². The average molecular weight is 299 g/mol. The summed E-state index contributed by atoms with van der Waals surface area (Å²) < 4.78 is 0.606. The van der Waals surface area contributed by atoms with Crippen molar-refractivity contribution in [2.45, 2.75) is 6.42 Å². The van der Waals surface area contributed by atoms with Gasteiger partial charge in [0.15, 0.2) is 0 Å². The van der Waals surface area contributed by atoms with Crippen LogP contribution in [-0.4, -0.2) is 30.2 Å². The molecule has 0 atom stereocenters. The van der Waals surface area contributed by atoms with Crippen molar-refractivity contribution in [3.05, 3.63) is 28.2 Å². The first-order valence-corrected chi connectivity index (χ1v) is 5.97. The lowest BCUT2D eigenvalue weighted by Gasteiger charge is -2.28. The Morgan fingerprint density at radius 3 is 2.82 bits per heavy atom. The summed E-state index contributed by atoms with van der Waals surface area (Å²) in [4.78, 5) is 24.0. The van der Waals surface area contributed by atoms with Gasteiger partial charge >= 0.3 is 12.0 Å². The third-order valence-corrected chi connectivity index (χ3v) is 3.20. The third-order valence-electron chi connectivity index (χ3n) is 2.57. The van der Waals surface area contributed by atoms with Crippen LogP contribution in [0.15, 0.2) is 22.7 Å². The summed E-state index contributed by atoms with van der Waals surface area (Å²) in [6, 6.07) is 4.47. The number of anilines is 1. The van der Waals surface area contributed by atoms with Gasteiger partial charge in [0.2, 0.25) is 0 Å². The lowest BCUT2D eigenvalue weighted by molar-refractivity contribution is 0.0697. The zero-order valence-corrected chi connectivity index (χ0v) is 10.5. The second-order valence-electron chi connectivity index (χ2n) is 3.71. The molecule has 17 heavy (non-hydrogen) atoms. The maximum absolute atomic E-state index is 11.6. The predicted octanol–water partition coefficient (Wildman–Crippen LogP) is 2.07. The summed E-state index contributed by atoms with van der Waals surface area (Å²) in [5.41, 5.74) is 0.880. The minimum absolute atomic E-state index is 0.153. The van der Waals surface area contributed by atoms with E-state index in [1.54, 1.807) is 11.0 Å². The fourth-order valence-corrected chi connectivity index (χ4v) is 2.31. The van der Waals surface area contributed by atoms with Crippen LogP contribution < -0.4 is 10.2 Å². The maximum atomic E-state index is 11.6. The first-order chi connectivity index (χ1) is 8.09. The normalized spacial score (nSPS) is 15.6. The van der Waals surface area contributed by atoms with Gasteiger partial charge in [-0.1, -0.05) is 0 Å². The molecule has 0 bridgehead atoms. The molecule has 2 amide bonds. The largest absolute Gasteiger partial charge is 0.478 e. The molecule has 1 fully saturated rings. The Hall–Kier alpha value is -1.56. The Kier molecular flexibility index (Phi) is 3.33. The molecular formula is C11H11BrN2O3. The molecule has 0 aliphatic carbocycles. The molecule has 0 spiro atoms. The lowest BCUT2D eigenvalue weighted by Crippen LogP contribution is -2.46. The standard InChI is InChI=1S/C11H11BrN2O3/c12-8-6-7(10(15)16)2-3-9(8)14-5-1-4-13-11(14)17/h2-3,6H,1,4-5H2,(H,13,17)(H,15,16). The number of hydrogen-bond donors (Lipinski definition) is 2. The van der Waals surface area contributed by atoms with Gasteiger partial charge < -0.3 is 10.4 Å². The molecule has 1 saturated heterocycles. The zero-order chi connectivity index (χ0) is 12.4. The molecule has 6 heteroatoms. The van der Waals surface area contributed by atoms with Gasteiger partial charge in [0.05, 0.1) is 11.3 Å². The van der Waals surface area contributed by atoms with Gasteiger partial charge in [0, 0.05) is 17.6 Å². The number of hydrogen-bond acceptors (Lipinski definition) is 2. The van der Waals surface area contributed by atoms with E-state index >= 15 is 0 Å². The number of aromatic carboxylic acids is 1. The summed E-state index contributed by atoms with van der Waals surface area (Å²) >= 11 is 3.29. The number of urea groups is 1. The van der Waals surface area contributed by atoms with Crippen molar-refractivity contribution in [1.82, 2.24) is 5.32 Å². The van der Waals surface area contributed by atoms with Gasteiger partial charge in [-0.25, -0.2) is 9.59 Å². The van der Waals surface area contributed by atoms with Crippen LogP contribution in [0.2, 0.25) is 0 Å². The van der Waals surface area contributed by atoms with Crippen LogP contribution in [0.1, 0.15) is 16.8 Å². The van der Waals surface area contributed by atoms with Crippen LogP contribution >= 0.6 is 15.9 Å². The van der Waals surface area contributed by atoms with Crippen molar-refractivity contribution in [3.63, 3.8) is 0 Å². The number of halogens is 1. The summed E-state index contributed by atoms with van der Waals surface area (Å²) in [6.45, 7) is 1.32. The SMILES string of the molecule is O=C(O)c1ccc(N2CCCNC2=O)c(Br)c1. The molecule has 1 aliphatic heterocycles. The van der Waals surface area contributed by atoms with Crippen LogP contribution in [0.5, 0.6) is 0 Å². The Labute approximate surface area is 107 Å². The first kappa shape index (κ1) is 11.9. The highest BCUT2D eigenvalue weighted by Gasteiger charge is 2.21. The smallest absolute Gasteiger partial charge is 0.335 e. The van der Waals surface area contributed by atoms with Crippen LogP contribution in [0.4, 0.5) is 10.5 Å². The lowest BCUT2D eigenvalue weighted by atomic mass is 10.2. The second kappa shape index (κ2) is 4.75. The summed E-state index contributed by atoms with van der Waals surface area (Å²) in [5.74, 6) is -0.986. The highest BCUT2D eigenvalue weighted by molar-refractivity contribution is 9.10. The fraction of sp³-hybridized carbons (Fsp3) is 0.273. The molecule has 2 rings (SSSR count). The number of benzene rings is 1. The van der Waals surface area contributed by atoms with Crippen molar-refractivity contribution in [2.75, 3.05) is 18.0 Å². The number of rotatable bonds is 2. The number of carboxylic acids is 1. The minimum Gasteiger partial charge on any atom is -0.478 e. The maximum Gasteiger partial charge on any atom is 0.335 e. The molecule has 0 aromatic heterocycles. The number of carbonyl (C=O) groups excluding carboxylic acids is 1. The van der Waals surface area contributed by atoms with Crippen LogP contribution in [0.3, 0.4) is 0 Å². The van der Waals surface area contributed by atoms with E-state index in [-0.39, 0.29) is 11.6 Å². The fourth-order valence-electron chi connectivity index (χ4n) is 1.72. The van der Waals surface area contributed by atoms with Crippen LogP contribution in [0.25, 0.3) is 0 Å². The first-order valence-electron chi connectivity index (χ1n) is 5.18. The van der Waals surface area contributed by atoms with Crippen LogP contribution in [-0.2, 0) is 0 Å². The average Bonchev–Trinajstić information content (AvgIpc) is 2.30. The number of nitrogens with zero attached hydrogens (tertiary/aromatic N) is 1. The molecule has 0 saturated carbocycles.